The highest BCUT2D eigenvalue weighted by Gasteiger charge is 2.11. The van der Waals surface area contributed by atoms with Gasteiger partial charge in [-0.25, -0.2) is 4.98 Å². The minimum Gasteiger partial charge on any atom is -0.487 e. The number of nitriles is 1. The van der Waals surface area contributed by atoms with E-state index in [2.05, 4.69) is 16.0 Å². The van der Waals surface area contributed by atoms with Crippen molar-refractivity contribution in [3.63, 3.8) is 0 Å². The second-order valence-corrected chi connectivity index (χ2v) is 7.64. The largest absolute Gasteiger partial charge is 0.487 e. The second-order valence-electron chi connectivity index (χ2n) is 6.58. The van der Waals surface area contributed by atoms with Crippen molar-refractivity contribution in [3.8, 4) is 11.8 Å². The maximum atomic E-state index is 12.6. The molecule has 3 rings (SSSR count). The van der Waals surface area contributed by atoms with Gasteiger partial charge in [-0.05, 0) is 42.3 Å². The summed E-state index contributed by atoms with van der Waals surface area (Å²) in [5.41, 5.74) is 2.73. The van der Waals surface area contributed by atoms with Crippen LogP contribution in [0.15, 0.2) is 60.2 Å². The predicted octanol–water partition coefficient (Wildman–Crippen LogP) is 4.38. The van der Waals surface area contributed by atoms with Crippen LogP contribution in [0.2, 0.25) is 0 Å². The Kier molecular flexibility index (Phi) is 7.70. The average Bonchev–Trinajstić information content (AvgIpc) is 3.20. The van der Waals surface area contributed by atoms with Crippen molar-refractivity contribution in [3.05, 3.63) is 82.1 Å². The van der Waals surface area contributed by atoms with Gasteiger partial charge >= 0.3 is 0 Å². The summed E-state index contributed by atoms with van der Waals surface area (Å²) in [6, 6.07) is 13.4. The van der Waals surface area contributed by atoms with E-state index >= 15 is 0 Å². The maximum Gasteiger partial charge on any atom is 0.246 e. The molecule has 0 bridgehead atoms. The Morgan fingerprint density at radius 2 is 2.13 bits per heavy atom. The topological polar surface area (TPSA) is 79.1 Å². The Labute approximate surface area is 180 Å². The summed E-state index contributed by atoms with van der Waals surface area (Å²) in [5, 5.41) is 11.9. The highest BCUT2D eigenvalue weighted by molar-refractivity contribution is 7.09. The van der Waals surface area contributed by atoms with Crippen LogP contribution in [0.3, 0.4) is 0 Å². The lowest BCUT2D eigenvalue weighted by atomic mass is 10.2. The molecule has 0 N–H and O–H groups in total. The average molecular weight is 419 g/mol. The molecule has 1 amide bonds. The van der Waals surface area contributed by atoms with Crippen LogP contribution in [-0.4, -0.2) is 27.3 Å². The van der Waals surface area contributed by atoms with Crippen LogP contribution in [0.25, 0.3) is 6.08 Å². The van der Waals surface area contributed by atoms with E-state index in [1.165, 1.54) is 6.08 Å². The smallest absolute Gasteiger partial charge is 0.246 e. The molecular formula is C23H22N4O2S. The third-order valence-electron chi connectivity index (χ3n) is 4.25. The molecule has 0 aliphatic rings. The zero-order chi connectivity index (χ0) is 21.2. The summed E-state index contributed by atoms with van der Waals surface area (Å²) in [4.78, 5) is 22.7. The van der Waals surface area contributed by atoms with Gasteiger partial charge in [-0.15, -0.1) is 11.3 Å². The van der Waals surface area contributed by atoms with E-state index in [4.69, 9.17) is 10.00 Å². The molecule has 0 spiro atoms. The summed E-state index contributed by atoms with van der Waals surface area (Å²) in [6.07, 6.45) is 6.99. The minimum atomic E-state index is -0.145. The molecule has 2 aromatic heterocycles. The Balaban J connectivity index is 1.58. The SMILES string of the molecule is Cc1nc(COc2ccc(C=CC(=O)N(CCC#N)Cc3cccnc3)cc2)cs1. The normalized spacial score (nSPS) is 10.7. The summed E-state index contributed by atoms with van der Waals surface area (Å²) >= 11 is 1.60. The first-order valence-electron chi connectivity index (χ1n) is 9.51. The predicted molar refractivity (Wildman–Crippen MR) is 117 cm³/mol. The van der Waals surface area contributed by atoms with Crippen LogP contribution in [0.4, 0.5) is 0 Å². The first-order chi connectivity index (χ1) is 14.6. The van der Waals surface area contributed by atoms with Crippen LogP contribution >= 0.6 is 11.3 Å². The van der Waals surface area contributed by atoms with E-state index in [0.717, 1.165) is 27.6 Å². The van der Waals surface area contributed by atoms with Crippen molar-refractivity contribution >= 4 is 23.3 Å². The fraction of sp³-hybridized carbons (Fsp3) is 0.217. The number of hydrogen-bond donors (Lipinski definition) is 0. The lowest BCUT2D eigenvalue weighted by Gasteiger charge is -2.19. The van der Waals surface area contributed by atoms with Crippen molar-refractivity contribution in [1.29, 1.82) is 5.26 Å². The minimum absolute atomic E-state index is 0.145. The van der Waals surface area contributed by atoms with Crippen LogP contribution in [0, 0.1) is 18.3 Å². The lowest BCUT2D eigenvalue weighted by Crippen LogP contribution is -2.29. The quantitative estimate of drug-likeness (QED) is 0.482. The highest BCUT2D eigenvalue weighted by atomic mass is 32.1. The number of amides is 1. The molecule has 2 heterocycles. The van der Waals surface area contributed by atoms with Crippen molar-refractivity contribution < 1.29 is 9.53 Å². The number of nitrogens with zero attached hydrogens (tertiary/aromatic N) is 4. The summed E-state index contributed by atoms with van der Waals surface area (Å²) in [7, 11) is 0. The number of aryl methyl sites for hydroxylation is 1. The van der Waals surface area contributed by atoms with Crippen LogP contribution < -0.4 is 4.74 Å². The Morgan fingerprint density at radius 3 is 2.80 bits per heavy atom. The fourth-order valence-corrected chi connectivity index (χ4v) is 3.34. The third kappa shape index (κ3) is 6.54. The third-order valence-corrected chi connectivity index (χ3v) is 5.08. The van der Waals surface area contributed by atoms with Crippen molar-refractivity contribution in [2.24, 2.45) is 0 Å². The van der Waals surface area contributed by atoms with Crippen molar-refractivity contribution in [2.45, 2.75) is 26.5 Å². The molecule has 0 saturated heterocycles. The molecule has 1 aromatic carbocycles. The molecule has 0 atom stereocenters. The zero-order valence-corrected chi connectivity index (χ0v) is 17.5. The van der Waals surface area contributed by atoms with E-state index in [-0.39, 0.29) is 12.3 Å². The van der Waals surface area contributed by atoms with E-state index in [1.54, 1.807) is 34.7 Å². The molecule has 30 heavy (non-hydrogen) atoms. The number of thiazole rings is 1. The van der Waals surface area contributed by atoms with E-state index in [9.17, 15) is 4.79 Å². The van der Waals surface area contributed by atoms with E-state index in [0.29, 0.717) is 19.7 Å². The summed E-state index contributed by atoms with van der Waals surface area (Å²) < 4.78 is 5.74. The van der Waals surface area contributed by atoms with Gasteiger partial charge in [-0.1, -0.05) is 18.2 Å². The van der Waals surface area contributed by atoms with Gasteiger partial charge in [0.25, 0.3) is 0 Å². The fourth-order valence-electron chi connectivity index (χ4n) is 2.74. The summed E-state index contributed by atoms with van der Waals surface area (Å²) in [6.45, 7) is 3.19. The molecule has 0 aliphatic heterocycles. The van der Waals surface area contributed by atoms with Gasteiger partial charge in [0.2, 0.25) is 5.91 Å². The van der Waals surface area contributed by atoms with Crippen molar-refractivity contribution in [1.82, 2.24) is 14.9 Å². The van der Waals surface area contributed by atoms with Crippen molar-refractivity contribution in [2.75, 3.05) is 6.54 Å². The Bertz CT molecular complexity index is 1020. The van der Waals surface area contributed by atoms with Gasteiger partial charge < -0.3 is 9.64 Å². The number of carbonyl (C=O) groups is 1. The monoisotopic (exact) mass is 418 g/mol. The van der Waals surface area contributed by atoms with Gasteiger partial charge in [0.05, 0.1) is 23.2 Å². The standard InChI is InChI=1S/C23H22N4O2S/c1-18-26-21(17-30-18)16-29-22-8-5-19(6-9-22)7-10-23(28)27(13-3-11-24)15-20-4-2-12-25-14-20/h2,4-10,12,14,17H,3,13,15-16H2,1H3. The molecule has 0 aliphatic carbocycles. The molecule has 0 fully saturated rings. The van der Waals surface area contributed by atoms with E-state index in [1.807, 2.05) is 48.7 Å². The molecule has 0 radical (unpaired) electrons. The number of rotatable bonds is 9. The van der Waals surface area contributed by atoms with Gasteiger partial charge in [0.1, 0.15) is 12.4 Å². The number of aromatic nitrogens is 2. The Morgan fingerprint density at radius 1 is 1.30 bits per heavy atom. The van der Waals surface area contributed by atoms with Gasteiger partial charge in [-0.3, -0.25) is 9.78 Å². The van der Waals surface area contributed by atoms with Gasteiger partial charge in [0.15, 0.2) is 0 Å². The van der Waals surface area contributed by atoms with Gasteiger partial charge in [-0.2, -0.15) is 5.26 Å². The first-order valence-corrected chi connectivity index (χ1v) is 10.4. The molecule has 3 aromatic rings. The Hall–Kier alpha value is -3.50. The first kappa shape index (κ1) is 21.2. The number of pyridine rings is 1. The molecule has 0 saturated carbocycles. The second kappa shape index (κ2) is 10.9. The number of carbonyl (C=O) groups excluding carboxylic acids is 1. The molecule has 7 heteroatoms. The number of benzene rings is 1. The number of ether oxygens (including phenoxy) is 1. The highest BCUT2D eigenvalue weighted by Crippen LogP contribution is 2.16. The number of hydrogen-bond acceptors (Lipinski definition) is 6. The zero-order valence-electron chi connectivity index (χ0n) is 16.7. The molecule has 152 valence electrons. The van der Waals surface area contributed by atoms with Crippen LogP contribution in [0.5, 0.6) is 5.75 Å². The molecular weight excluding hydrogens is 396 g/mol. The maximum absolute atomic E-state index is 12.6. The lowest BCUT2D eigenvalue weighted by molar-refractivity contribution is -0.126. The van der Waals surface area contributed by atoms with Gasteiger partial charge in [0, 0.05) is 36.9 Å². The summed E-state index contributed by atoms with van der Waals surface area (Å²) in [5.74, 6) is 0.602. The van der Waals surface area contributed by atoms with E-state index < -0.39 is 0 Å². The molecule has 0 unspecified atom stereocenters. The van der Waals surface area contributed by atoms with Crippen LogP contribution in [0.1, 0.15) is 28.2 Å². The molecule has 6 nitrogen and oxygen atoms in total. The van der Waals surface area contributed by atoms with Crippen LogP contribution in [-0.2, 0) is 17.9 Å².